The molecule has 0 atom stereocenters. The van der Waals surface area contributed by atoms with Gasteiger partial charge in [-0.15, -0.1) is 23.1 Å². The minimum atomic E-state index is -0.390. The molecule has 0 spiro atoms. The van der Waals surface area contributed by atoms with Gasteiger partial charge in [-0.25, -0.2) is 9.97 Å². The van der Waals surface area contributed by atoms with Crippen molar-refractivity contribution >= 4 is 51.4 Å². The van der Waals surface area contributed by atoms with Crippen LogP contribution < -0.4 is 11.1 Å². The number of amides is 2. The van der Waals surface area contributed by atoms with E-state index in [0.717, 1.165) is 14.9 Å². The maximum absolute atomic E-state index is 12.2. The van der Waals surface area contributed by atoms with Gasteiger partial charge < -0.3 is 15.5 Å². The van der Waals surface area contributed by atoms with Crippen molar-refractivity contribution in [2.24, 2.45) is 5.73 Å². The largest absolute Gasteiger partial charge is 0.462 e. The molecule has 10 heteroatoms. The lowest BCUT2D eigenvalue weighted by atomic mass is 10.3. The zero-order valence-electron chi connectivity index (χ0n) is 13.1. The predicted octanol–water partition coefficient (Wildman–Crippen LogP) is 2.93. The highest BCUT2D eigenvalue weighted by atomic mass is 32.2. The van der Waals surface area contributed by atoms with E-state index in [9.17, 15) is 9.59 Å². The first-order chi connectivity index (χ1) is 12.0. The summed E-state index contributed by atoms with van der Waals surface area (Å²) in [5.41, 5.74) is 6.58. The summed E-state index contributed by atoms with van der Waals surface area (Å²) in [5, 5.41) is 5.83. The van der Waals surface area contributed by atoms with Gasteiger partial charge in [-0.3, -0.25) is 9.59 Å². The normalized spacial score (nSPS) is 10.8. The van der Waals surface area contributed by atoms with Crippen LogP contribution in [0.15, 0.2) is 32.4 Å². The first kappa shape index (κ1) is 17.6. The Morgan fingerprint density at radius 2 is 2.24 bits per heavy atom. The number of furan rings is 1. The molecule has 0 aliphatic carbocycles. The number of aromatic nitrogens is 2. The number of nitrogens with two attached hydrogens (primary N) is 1. The lowest BCUT2D eigenvalue weighted by Crippen LogP contribution is -2.14. The molecule has 2 amide bonds. The maximum Gasteiger partial charge on any atom is 0.232 e. The molecule has 3 rings (SSSR count). The SMILES string of the molecule is Cc1nc(NC(=O)Cc2csc(-c3ccco3)n2)sc1SCC(N)=O. The van der Waals surface area contributed by atoms with Crippen molar-refractivity contribution in [3.05, 3.63) is 35.2 Å². The van der Waals surface area contributed by atoms with Crippen LogP contribution in [0.4, 0.5) is 5.13 Å². The number of carbonyl (C=O) groups is 2. The summed E-state index contributed by atoms with van der Waals surface area (Å²) in [7, 11) is 0. The molecule has 3 N–H and O–H groups in total. The van der Waals surface area contributed by atoms with Crippen LogP contribution in [0.2, 0.25) is 0 Å². The number of nitrogens with one attached hydrogen (secondary N) is 1. The molecule has 0 aliphatic rings. The van der Waals surface area contributed by atoms with E-state index >= 15 is 0 Å². The van der Waals surface area contributed by atoms with Gasteiger partial charge in [0.05, 0.1) is 34.0 Å². The van der Waals surface area contributed by atoms with Crippen molar-refractivity contribution in [2.45, 2.75) is 17.6 Å². The summed E-state index contributed by atoms with van der Waals surface area (Å²) in [5.74, 6) is 0.282. The Labute approximate surface area is 155 Å². The molecule has 0 aromatic carbocycles. The van der Waals surface area contributed by atoms with Gasteiger partial charge in [0, 0.05) is 5.38 Å². The number of thiazole rings is 2. The topological polar surface area (TPSA) is 111 Å². The molecular formula is C15H14N4O3S3. The average Bonchev–Trinajstić information content (AvgIpc) is 3.26. The van der Waals surface area contributed by atoms with E-state index < -0.39 is 0 Å². The number of primary amides is 1. The molecule has 7 nitrogen and oxygen atoms in total. The number of nitrogens with zero attached hydrogens (tertiary/aromatic N) is 2. The van der Waals surface area contributed by atoms with Crippen LogP contribution in [0.25, 0.3) is 10.8 Å². The van der Waals surface area contributed by atoms with Gasteiger partial charge in [-0.2, -0.15) is 0 Å². The van der Waals surface area contributed by atoms with Crippen LogP contribution in [-0.2, 0) is 16.0 Å². The molecule has 3 heterocycles. The molecule has 130 valence electrons. The van der Waals surface area contributed by atoms with E-state index in [2.05, 4.69) is 15.3 Å². The lowest BCUT2D eigenvalue weighted by Gasteiger charge is -1.98. The summed E-state index contributed by atoms with van der Waals surface area (Å²) in [4.78, 5) is 31.7. The standard InChI is InChI=1S/C15H14N4O3S3/c1-8-14(24-7-11(16)20)25-15(17-8)19-12(21)5-9-6-23-13(18-9)10-3-2-4-22-10/h2-4,6H,5,7H2,1H3,(H2,16,20)(H,17,19,21). The first-order valence-corrected chi connectivity index (χ1v) is 9.86. The summed E-state index contributed by atoms with van der Waals surface area (Å²) < 4.78 is 6.16. The predicted molar refractivity (Wildman–Crippen MR) is 98.9 cm³/mol. The third kappa shape index (κ3) is 4.68. The van der Waals surface area contributed by atoms with E-state index in [1.807, 2.05) is 18.4 Å². The minimum absolute atomic E-state index is 0.152. The third-order valence-corrected chi connectivity index (χ3v) is 6.33. The van der Waals surface area contributed by atoms with Crippen molar-refractivity contribution in [3.8, 4) is 10.8 Å². The van der Waals surface area contributed by atoms with Gasteiger partial charge in [0.1, 0.15) is 0 Å². The summed E-state index contributed by atoms with van der Waals surface area (Å²) >= 11 is 4.07. The van der Waals surface area contributed by atoms with Crippen molar-refractivity contribution < 1.29 is 14.0 Å². The summed E-state index contributed by atoms with van der Waals surface area (Å²) in [6, 6.07) is 3.62. The van der Waals surface area contributed by atoms with Crippen LogP contribution in [0, 0.1) is 6.92 Å². The molecule has 25 heavy (non-hydrogen) atoms. The van der Waals surface area contributed by atoms with E-state index in [1.165, 1.54) is 34.4 Å². The monoisotopic (exact) mass is 394 g/mol. The molecule has 0 bridgehead atoms. The summed E-state index contributed by atoms with van der Waals surface area (Å²) in [6.45, 7) is 1.82. The van der Waals surface area contributed by atoms with E-state index in [4.69, 9.17) is 10.2 Å². The van der Waals surface area contributed by atoms with Crippen molar-refractivity contribution in [1.82, 2.24) is 9.97 Å². The Morgan fingerprint density at radius 1 is 1.40 bits per heavy atom. The summed E-state index contributed by atoms with van der Waals surface area (Å²) in [6.07, 6.45) is 1.74. The maximum atomic E-state index is 12.2. The second kappa shape index (κ2) is 7.81. The zero-order valence-corrected chi connectivity index (χ0v) is 15.6. The van der Waals surface area contributed by atoms with Gasteiger partial charge in [0.15, 0.2) is 15.9 Å². The van der Waals surface area contributed by atoms with Crippen molar-refractivity contribution in [1.29, 1.82) is 0 Å². The minimum Gasteiger partial charge on any atom is -0.462 e. The fraction of sp³-hybridized carbons (Fsp3) is 0.200. The van der Waals surface area contributed by atoms with Gasteiger partial charge >= 0.3 is 0 Å². The first-order valence-electron chi connectivity index (χ1n) is 7.18. The number of aryl methyl sites for hydroxylation is 1. The molecule has 3 aromatic heterocycles. The Morgan fingerprint density at radius 3 is 2.96 bits per heavy atom. The van der Waals surface area contributed by atoms with Crippen LogP contribution >= 0.6 is 34.4 Å². The molecule has 0 saturated carbocycles. The second-order valence-electron chi connectivity index (χ2n) is 4.99. The number of rotatable bonds is 7. The molecule has 0 radical (unpaired) electrons. The average molecular weight is 395 g/mol. The van der Waals surface area contributed by atoms with Crippen LogP contribution in [-0.4, -0.2) is 27.5 Å². The molecule has 0 unspecified atom stereocenters. The van der Waals surface area contributed by atoms with E-state index in [-0.39, 0.29) is 24.0 Å². The third-order valence-electron chi connectivity index (χ3n) is 2.97. The fourth-order valence-corrected chi connectivity index (χ4v) is 4.62. The van der Waals surface area contributed by atoms with E-state index in [0.29, 0.717) is 16.6 Å². The Hall–Kier alpha value is -2.17. The fourth-order valence-electron chi connectivity index (χ4n) is 1.94. The van der Waals surface area contributed by atoms with Crippen LogP contribution in [0.5, 0.6) is 0 Å². The molecule has 0 saturated heterocycles. The smallest absolute Gasteiger partial charge is 0.232 e. The van der Waals surface area contributed by atoms with Gasteiger partial charge in [-0.05, 0) is 19.1 Å². The number of hydrogen-bond acceptors (Lipinski definition) is 8. The number of anilines is 1. The van der Waals surface area contributed by atoms with Gasteiger partial charge in [0.2, 0.25) is 11.8 Å². The highest BCUT2D eigenvalue weighted by Crippen LogP contribution is 2.32. The van der Waals surface area contributed by atoms with Crippen molar-refractivity contribution in [3.63, 3.8) is 0 Å². The number of thioether (sulfide) groups is 1. The Balaban J connectivity index is 1.59. The quantitative estimate of drug-likeness (QED) is 0.596. The number of hydrogen-bond donors (Lipinski definition) is 2. The lowest BCUT2D eigenvalue weighted by molar-refractivity contribution is -0.116. The second-order valence-corrected chi connectivity index (χ2v) is 8.09. The van der Waals surface area contributed by atoms with Crippen LogP contribution in [0.1, 0.15) is 11.4 Å². The Kier molecular flexibility index (Phi) is 5.51. The molecule has 3 aromatic rings. The highest BCUT2D eigenvalue weighted by Gasteiger charge is 2.14. The van der Waals surface area contributed by atoms with E-state index in [1.54, 1.807) is 12.3 Å². The van der Waals surface area contributed by atoms with Crippen molar-refractivity contribution in [2.75, 3.05) is 11.1 Å². The molecule has 0 fully saturated rings. The Bertz CT molecular complexity index is 886. The van der Waals surface area contributed by atoms with Gasteiger partial charge in [0.25, 0.3) is 0 Å². The molecule has 0 aliphatic heterocycles. The zero-order chi connectivity index (χ0) is 17.8. The molecular weight excluding hydrogens is 380 g/mol. The number of carbonyl (C=O) groups excluding carboxylic acids is 2. The van der Waals surface area contributed by atoms with Gasteiger partial charge in [-0.1, -0.05) is 11.3 Å². The van der Waals surface area contributed by atoms with Crippen LogP contribution in [0.3, 0.4) is 0 Å². The highest BCUT2D eigenvalue weighted by molar-refractivity contribution is 8.01.